The molecular formula is C18H20ClNO3S. The van der Waals surface area contributed by atoms with Gasteiger partial charge in [0.2, 0.25) is 0 Å². The van der Waals surface area contributed by atoms with E-state index in [-0.39, 0.29) is 12.5 Å². The molecule has 24 heavy (non-hydrogen) atoms. The number of benzene rings is 2. The lowest BCUT2D eigenvalue weighted by Gasteiger charge is -2.22. The van der Waals surface area contributed by atoms with E-state index in [1.54, 1.807) is 0 Å². The zero-order chi connectivity index (χ0) is 17.2. The van der Waals surface area contributed by atoms with Gasteiger partial charge in [-0.15, -0.1) is 23.4 Å². The van der Waals surface area contributed by atoms with Crippen molar-refractivity contribution in [2.45, 2.75) is 23.6 Å². The zero-order valence-corrected chi connectivity index (χ0v) is 14.7. The van der Waals surface area contributed by atoms with Gasteiger partial charge < -0.3 is 15.2 Å². The number of alkyl carbamates (subject to hydrolysis) is 1. The molecule has 2 atom stereocenters. The normalized spacial score (nSPS) is 13.1. The Morgan fingerprint density at radius 2 is 1.75 bits per heavy atom. The summed E-state index contributed by atoms with van der Waals surface area (Å²) in [5.74, 6) is 0.539. The first kappa shape index (κ1) is 18.6. The van der Waals surface area contributed by atoms with Gasteiger partial charge in [0.15, 0.2) is 0 Å². The second-order valence-corrected chi connectivity index (χ2v) is 6.56. The Hall–Kier alpha value is -1.69. The molecule has 0 bridgehead atoms. The molecule has 128 valence electrons. The Morgan fingerprint density at radius 1 is 1.12 bits per heavy atom. The fourth-order valence-corrected chi connectivity index (χ4v) is 3.22. The summed E-state index contributed by atoms with van der Waals surface area (Å²) in [4.78, 5) is 13.0. The Labute approximate surface area is 151 Å². The van der Waals surface area contributed by atoms with Crippen molar-refractivity contribution in [3.63, 3.8) is 0 Å². The van der Waals surface area contributed by atoms with Gasteiger partial charge in [0, 0.05) is 10.6 Å². The smallest absolute Gasteiger partial charge is 0.407 e. The molecule has 0 spiro atoms. The molecule has 2 N–H and O–H groups in total. The second-order valence-electron chi connectivity index (χ2n) is 5.16. The minimum Gasteiger partial charge on any atom is -0.445 e. The molecular weight excluding hydrogens is 346 g/mol. The van der Waals surface area contributed by atoms with Crippen molar-refractivity contribution in [2.24, 2.45) is 0 Å². The highest BCUT2D eigenvalue weighted by Gasteiger charge is 2.21. The van der Waals surface area contributed by atoms with Crippen LogP contribution in [-0.4, -0.2) is 35.0 Å². The maximum atomic E-state index is 12.0. The number of aliphatic hydroxyl groups excluding tert-OH is 1. The highest BCUT2D eigenvalue weighted by molar-refractivity contribution is 7.99. The average Bonchev–Trinajstić information content (AvgIpc) is 2.64. The maximum Gasteiger partial charge on any atom is 0.407 e. The summed E-state index contributed by atoms with van der Waals surface area (Å²) in [6, 6.07) is 18.7. The third-order valence-electron chi connectivity index (χ3n) is 3.31. The molecule has 0 fully saturated rings. The van der Waals surface area contributed by atoms with Crippen LogP contribution in [0.25, 0.3) is 0 Å². The zero-order valence-electron chi connectivity index (χ0n) is 13.1. The van der Waals surface area contributed by atoms with Crippen LogP contribution in [0.15, 0.2) is 65.6 Å². The number of nitrogens with one attached hydrogen (secondary N) is 1. The molecule has 2 aromatic carbocycles. The quantitative estimate of drug-likeness (QED) is 0.553. The molecule has 0 radical (unpaired) electrons. The van der Waals surface area contributed by atoms with E-state index >= 15 is 0 Å². The van der Waals surface area contributed by atoms with Crippen LogP contribution in [-0.2, 0) is 11.3 Å². The van der Waals surface area contributed by atoms with Gasteiger partial charge in [0.1, 0.15) is 6.61 Å². The lowest BCUT2D eigenvalue weighted by Crippen LogP contribution is -2.46. The number of hydrogen-bond acceptors (Lipinski definition) is 4. The van der Waals surface area contributed by atoms with Crippen LogP contribution in [0.4, 0.5) is 4.79 Å². The Balaban J connectivity index is 1.84. The molecule has 0 aliphatic rings. The van der Waals surface area contributed by atoms with Crippen molar-refractivity contribution in [3.05, 3.63) is 66.2 Å². The molecule has 1 amide bonds. The van der Waals surface area contributed by atoms with Crippen molar-refractivity contribution in [1.29, 1.82) is 0 Å². The molecule has 0 aliphatic heterocycles. The minimum atomic E-state index is -0.841. The second kappa shape index (κ2) is 10.2. The highest BCUT2D eigenvalue weighted by Crippen LogP contribution is 2.19. The highest BCUT2D eigenvalue weighted by atomic mass is 35.5. The molecule has 6 heteroatoms. The Morgan fingerprint density at radius 3 is 2.38 bits per heavy atom. The topological polar surface area (TPSA) is 58.6 Å². The lowest BCUT2D eigenvalue weighted by molar-refractivity contribution is 0.115. The number of carbonyl (C=O) groups excluding carboxylic acids is 1. The molecule has 2 rings (SSSR count). The van der Waals surface area contributed by atoms with E-state index in [1.807, 2.05) is 60.7 Å². The fraction of sp³-hybridized carbons (Fsp3) is 0.278. The van der Waals surface area contributed by atoms with Crippen LogP contribution in [0.2, 0.25) is 0 Å². The number of halogens is 1. The van der Waals surface area contributed by atoms with Crippen LogP contribution in [0.5, 0.6) is 0 Å². The molecule has 0 saturated carbocycles. The fourth-order valence-electron chi connectivity index (χ4n) is 1.98. The molecule has 0 saturated heterocycles. The number of ether oxygens (including phenoxy) is 1. The molecule has 0 aliphatic carbocycles. The van der Waals surface area contributed by atoms with Crippen LogP contribution in [0.1, 0.15) is 5.56 Å². The summed E-state index contributed by atoms with van der Waals surface area (Å²) in [5.41, 5.74) is 0.903. The van der Waals surface area contributed by atoms with Gasteiger partial charge in [-0.1, -0.05) is 48.5 Å². The Bertz CT molecular complexity index is 612. The van der Waals surface area contributed by atoms with E-state index in [1.165, 1.54) is 11.8 Å². The first-order valence-corrected chi connectivity index (χ1v) is 9.10. The van der Waals surface area contributed by atoms with Crippen molar-refractivity contribution in [2.75, 3.05) is 11.6 Å². The molecule has 0 unspecified atom stereocenters. The van der Waals surface area contributed by atoms with Crippen molar-refractivity contribution >= 4 is 29.5 Å². The molecule has 0 aromatic heterocycles. The summed E-state index contributed by atoms with van der Waals surface area (Å²) in [5, 5.41) is 12.7. The number of carbonyl (C=O) groups is 1. The van der Waals surface area contributed by atoms with E-state index in [9.17, 15) is 9.90 Å². The predicted octanol–water partition coefficient (Wildman–Crippen LogP) is 3.67. The van der Waals surface area contributed by atoms with Crippen LogP contribution >= 0.6 is 23.4 Å². The van der Waals surface area contributed by atoms with E-state index < -0.39 is 18.2 Å². The van der Waals surface area contributed by atoms with E-state index in [4.69, 9.17) is 16.3 Å². The number of thioether (sulfide) groups is 1. The largest absolute Gasteiger partial charge is 0.445 e. The van der Waals surface area contributed by atoms with Gasteiger partial charge in [-0.25, -0.2) is 4.79 Å². The summed E-state index contributed by atoms with van der Waals surface area (Å²) >= 11 is 7.27. The minimum absolute atomic E-state index is 0.0407. The third-order valence-corrected chi connectivity index (χ3v) is 4.76. The van der Waals surface area contributed by atoms with Gasteiger partial charge in [0.05, 0.1) is 18.0 Å². The predicted molar refractivity (Wildman–Crippen MR) is 97.4 cm³/mol. The summed E-state index contributed by atoms with van der Waals surface area (Å²) in [6.45, 7) is 0.183. The number of alkyl halides is 1. The van der Waals surface area contributed by atoms with E-state index in [2.05, 4.69) is 5.32 Å². The Kier molecular flexibility index (Phi) is 7.95. The van der Waals surface area contributed by atoms with E-state index in [0.29, 0.717) is 5.75 Å². The molecule has 2 aromatic rings. The summed E-state index contributed by atoms with van der Waals surface area (Å²) in [6.07, 6.45) is -1.41. The standard InChI is InChI=1S/C18H20ClNO3S/c19-11-17(21)16(13-24-15-9-5-2-6-10-15)20-18(22)23-12-14-7-3-1-4-8-14/h1-10,16-17,21H,11-13H2,(H,20,22)/t16-,17+/m1/s1. The van der Waals surface area contributed by atoms with Gasteiger partial charge in [-0.2, -0.15) is 0 Å². The number of amides is 1. The van der Waals surface area contributed by atoms with Crippen LogP contribution in [0.3, 0.4) is 0 Å². The van der Waals surface area contributed by atoms with Gasteiger partial charge in [-0.3, -0.25) is 0 Å². The molecule has 0 heterocycles. The van der Waals surface area contributed by atoms with Crippen LogP contribution < -0.4 is 5.32 Å². The number of rotatable bonds is 8. The first-order chi connectivity index (χ1) is 11.7. The summed E-state index contributed by atoms with van der Waals surface area (Å²) < 4.78 is 5.19. The van der Waals surface area contributed by atoms with Crippen molar-refractivity contribution < 1.29 is 14.6 Å². The first-order valence-electron chi connectivity index (χ1n) is 7.58. The summed E-state index contributed by atoms with van der Waals surface area (Å²) in [7, 11) is 0. The maximum absolute atomic E-state index is 12.0. The van der Waals surface area contributed by atoms with Crippen molar-refractivity contribution in [3.8, 4) is 0 Å². The third kappa shape index (κ3) is 6.43. The van der Waals surface area contributed by atoms with Crippen molar-refractivity contribution in [1.82, 2.24) is 5.32 Å². The van der Waals surface area contributed by atoms with E-state index in [0.717, 1.165) is 10.5 Å². The monoisotopic (exact) mass is 365 g/mol. The van der Waals surface area contributed by atoms with Gasteiger partial charge in [0.25, 0.3) is 0 Å². The average molecular weight is 366 g/mol. The molecule has 4 nitrogen and oxygen atoms in total. The van der Waals surface area contributed by atoms with Gasteiger partial charge in [-0.05, 0) is 17.7 Å². The lowest BCUT2D eigenvalue weighted by atomic mass is 10.2. The van der Waals surface area contributed by atoms with Gasteiger partial charge >= 0.3 is 6.09 Å². The van der Waals surface area contributed by atoms with Crippen LogP contribution in [0, 0.1) is 0 Å². The SMILES string of the molecule is O=C(N[C@H](CSc1ccccc1)[C@@H](O)CCl)OCc1ccccc1. The number of aliphatic hydroxyl groups is 1. The number of hydrogen-bond donors (Lipinski definition) is 2.